The van der Waals surface area contributed by atoms with E-state index in [-0.39, 0.29) is 12.8 Å². The number of benzene rings is 2. The number of rotatable bonds is 8. The Morgan fingerprint density at radius 3 is 2.44 bits per heavy atom. The SMILES string of the molecule is Cc1cccc(F)c1S(=O)(=O)NC(CCC(=O)O)Cc1ccccc1. The summed E-state index contributed by atoms with van der Waals surface area (Å²) in [5.74, 6) is -1.84. The average Bonchev–Trinajstić information content (AvgIpc) is 2.53. The molecule has 0 aliphatic heterocycles. The van der Waals surface area contributed by atoms with E-state index in [0.29, 0.717) is 12.0 Å². The lowest BCUT2D eigenvalue weighted by molar-refractivity contribution is -0.137. The van der Waals surface area contributed by atoms with Crippen LogP contribution in [0.15, 0.2) is 53.4 Å². The summed E-state index contributed by atoms with van der Waals surface area (Å²) >= 11 is 0. The number of carboxylic acid groups (broad SMARTS) is 1. The number of hydrogen-bond donors (Lipinski definition) is 2. The molecule has 0 spiro atoms. The summed E-state index contributed by atoms with van der Waals surface area (Å²) in [5.41, 5.74) is 1.16. The Morgan fingerprint density at radius 2 is 1.84 bits per heavy atom. The molecule has 0 bridgehead atoms. The highest BCUT2D eigenvalue weighted by Crippen LogP contribution is 2.20. The zero-order chi connectivity index (χ0) is 18.4. The molecule has 25 heavy (non-hydrogen) atoms. The average molecular weight is 365 g/mol. The van der Waals surface area contributed by atoms with Gasteiger partial charge in [-0.2, -0.15) is 0 Å². The number of carbonyl (C=O) groups is 1. The number of carboxylic acids is 1. The van der Waals surface area contributed by atoms with Crippen molar-refractivity contribution in [1.82, 2.24) is 4.72 Å². The summed E-state index contributed by atoms with van der Waals surface area (Å²) in [5, 5.41) is 8.89. The van der Waals surface area contributed by atoms with Crippen molar-refractivity contribution in [3.63, 3.8) is 0 Å². The summed E-state index contributed by atoms with van der Waals surface area (Å²) in [4.78, 5) is 10.5. The van der Waals surface area contributed by atoms with E-state index in [1.165, 1.54) is 19.1 Å². The molecule has 1 atom stereocenters. The van der Waals surface area contributed by atoms with Crippen LogP contribution in [0.5, 0.6) is 0 Å². The van der Waals surface area contributed by atoms with E-state index in [1.54, 1.807) is 0 Å². The quantitative estimate of drug-likeness (QED) is 0.753. The molecule has 0 saturated heterocycles. The normalized spacial score (nSPS) is 12.7. The Kier molecular flexibility index (Phi) is 6.27. The minimum atomic E-state index is -4.11. The fraction of sp³-hybridized carbons (Fsp3) is 0.278. The summed E-state index contributed by atoms with van der Waals surface area (Å²) in [6.45, 7) is 1.51. The van der Waals surface area contributed by atoms with Crippen LogP contribution in [0, 0.1) is 12.7 Å². The second-order valence-electron chi connectivity index (χ2n) is 5.83. The van der Waals surface area contributed by atoms with Crippen molar-refractivity contribution < 1.29 is 22.7 Å². The van der Waals surface area contributed by atoms with Crippen LogP contribution < -0.4 is 4.72 Å². The molecule has 0 radical (unpaired) electrons. The maximum atomic E-state index is 14.0. The number of hydrogen-bond acceptors (Lipinski definition) is 3. The van der Waals surface area contributed by atoms with Crippen molar-refractivity contribution in [2.45, 2.75) is 37.1 Å². The van der Waals surface area contributed by atoms with Gasteiger partial charge in [-0.1, -0.05) is 42.5 Å². The van der Waals surface area contributed by atoms with Gasteiger partial charge in [0.1, 0.15) is 10.7 Å². The fourth-order valence-electron chi connectivity index (χ4n) is 2.63. The smallest absolute Gasteiger partial charge is 0.303 e. The molecule has 1 unspecified atom stereocenters. The van der Waals surface area contributed by atoms with Crippen molar-refractivity contribution in [3.05, 3.63) is 65.5 Å². The standard InChI is InChI=1S/C18H20FNO4S/c1-13-6-5-9-16(19)18(13)25(23,24)20-15(10-11-17(21)22)12-14-7-3-2-4-8-14/h2-9,15,20H,10-12H2,1H3,(H,21,22). The molecular weight excluding hydrogens is 345 g/mol. The van der Waals surface area contributed by atoms with Crippen molar-refractivity contribution in [1.29, 1.82) is 0 Å². The van der Waals surface area contributed by atoms with Gasteiger partial charge in [0.25, 0.3) is 0 Å². The molecular formula is C18H20FNO4S. The minimum Gasteiger partial charge on any atom is -0.481 e. The Bertz CT molecular complexity index is 817. The van der Waals surface area contributed by atoms with Crippen LogP contribution in [0.2, 0.25) is 0 Å². The first kappa shape index (κ1) is 19.1. The molecule has 2 aromatic rings. The predicted octanol–water partition coefficient (Wildman–Crippen LogP) is 2.89. The van der Waals surface area contributed by atoms with Crippen molar-refractivity contribution >= 4 is 16.0 Å². The molecule has 2 aromatic carbocycles. The molecule has 134 valence electrons. The van der Waals surface area contributed by atoms with Crippen molar-refractivity contribution in [3.8, 4) is 0 Å². The number of halogens is 1. The first-order chi connectivity index (χ1) is 11.8. The molecule has 0 saturated carbocycles. The molecule has 2 rings (SSSR count). The summed E-state index contributed by atoms with van der Waals surface area (Å²) in [7, 11) is -4.11. The highest BCUT2D eigenvalue weighted by Gasteiger charge is 2.25. The third kappa shape index (κ3) is 5.37. The van der Waals surface area contributed by atoms with Gasteiger partial charge in [-0.05, 0) is 37.0 Å². The molecule has 0 aliphatic rings. The highest BCUT2D eigenvalue weighted by molar-refractivity contribution is 7.89. The van der Waals surface area contributed by atoms with E-state index in [0.717, 1.165) is 11.6 Å². The molecule has 5 nitrogen and oxygen atoms in total. The van der Waals surface area contributed by atoms with Crippen LogP contribution in [-0.4, -0.2) is 25.5 Å². The van der Waals surface area contributed by atoms with Gasteiger partial charge in [0.15, 0.2) is 0 Å². The Morgan fingerprint density at radius 1 is 1.16 bits per heavy atom. The van der Waals surface area contributed by atoms with Crippen LogP contribution in [-0.2, 0) is 21.2 Å². The summed E-state index contributed by atoms with van der Waals surface area (Å²) in [6, 6.07) is 12.5. The Hall–Kier alpha value is -2.25. The lowest BCUT2D eigenvalue weighted by atomic mass is 10.0. The van der Waals surface area contributed by atoms with Crippen molar-refractivity contribution in [2.24, 2.45) is 0 Å². The van der Waals surface area contributed by atoms with Crippen molar-refractivity contribution in [2.75, 3.05) is 0 Å². The number of nitrogens with one attached hydrogen (secondary N) is 1. The second kappa shape index (κ2) is 8.22. The van der Waals surface area contributed by atoms with Gasteiger partial charge in [-0.15, -0.1) is 0 Å². The van der Waals surface area contributed by atoms with Crippen LogP contribution in [0.1, 0.15) is 24.0 Å². The van der Waals surface area contributed by atoms with E-state index in [2.05, 4.69) is 4.72 Å². The van der Waals surface area contributed by atoms with Gasteiger partial charge in [-0.25, -0.2) is 17.5 Å². The topological polar surface area (TPSA) is 83.5 Å². The van der Waals surface area contributed by atoms with E-state index in [4.69, 9.17) is 5.11 Å². The molecule has 0 fully saturated rings. The van der Waals surface area contributed by atoms with Gasteiger partial charge in [0, 0.05) is 12.5 Å². The zero-order valence-electron chi connectivity index (χ0n) is 13.8. The molecule has 0 aromatic heterocycles. The first-order valence-corrected chi connectivity index (χ1v) is 9.31. The fourth-order valence-corrected chi connectivity index (χ4v) is 4.21. The first-order valence-electron chi connectivity index (χ1n) is 7.83. The van der Waals surface area contributed by atoms with Gasteiger partial charge < -0.3 is 5.11 Å². The number of aliphatic carboxylic acids is 1. The van der Waals surface area contributed by atoms with Crippen LogP contribution in [0.3, 0.4) is 0 Å². The van der Waals surface area contributed by atoms with Crippen LogP contribution in [0.4, 0.5) is 4.39 Å². The van der Waals surface area contributed by atoms with E-state index in [1.807, 2.05) is 30.3 Å². The third-order valence-electron chi connectivity index (χ3n) is 3.79. The summed E-state index contributed by atoms with van der Waals surface area (Å²) < 4.78 is 41.7. The largest absolute Gasteiger partial charge is 0.481 e. The zero-order valence-corrected chi connectivity index (χ0v) is 14.6. The monoisotopic (exact) mass is 365 g/mol. The van der Waals surface area contributed by atoms with E-state index >= 15 is 0 Å². The molecule has 0 heterocycles. The lowest BCUT2D eigenvalue weighted by Gasteiger charge is -2.19. The molecule has 2 N–H and O–H groups in total. The lowest BCUT2D eigenvalue weighted by Crippen LogP contribution is -2.37. The Labute approximate surface area is 146 Å². The molecule has 0 amide bonds. The van der Waals surface area contributed by atoms with E-state index in [9.17, 15) is 17.6 Å². The Balaban J connectivity index is 2.26. The van der Waals surface area contributed by atoms with Crippen LogP contribution in [0.25, 0.3) is 0 Å². The van der Waals surface area contributed by atoms with Crippen LogP contribution >= 0.6 is 0 Å². The second-order valence-corrected chi connectivity index (χ2v) is 7.48. The molecule has 0 aliphatic carbocycles. The van der Waals surface area contributed by atoms with Gasteiger partial charge in [0.2, 0.25) is 10.0 Å². The van der Waals surface area contributed by atoms with Gasteiger partial charge in [-0.3, -0.25) is 4.79 Å². The number of aryl methyl sites for hydroxylation is 1. The van der Waals surface area contributed by atoms with E-state index < -0.39 is 32.7 Å². The minimum absolute atomic E-state index is 0.108. The summed E-state index contributed by atoms with van der Waals surface area (Å²) in [6.07, 6.45) is 0.244. The van der Waals surface area contributed by atoms with Gasteiger partial charge >= 0.3 is 5.97 Å². The molecule has 7 heteroatoms. The van der Waals surface area contributed by atoms with Gasteiger partial charge in [0.05, 0.1) is 0 Å². The number of sulfonamides is 1. The maximum Gasteiger partial charge on any atom is 0.303 e. The maximum absolute atomic E-state index is 14.0. The highest BCUT2D eigenvalue weighted by atomic mass is 32.2. The predicted molar refractivity (Wildman–Crippen MR) is 92.3 cm³/mol. The third-order valence-corrected chi connectivity index (χ3v) is 5.48.